The normalized spacial score (nSPS) is 12.0. The lowest BCUT2D eigenvalue weighted by Gasteiger charge is -2.28. The lowest BCUT2D eigenvalue weighted by molar-refractivity contribution is 0.0934. The minimum Gasteiger partial charge on any atom is -0.493 e. The minimum absolute atomic E-state index is 0.0585. The molecule has 162 valence electrons. The van der Waals surface area contributed by atoms with Crippen molar-refractivity contribution in [1.29, 1.82) is 0 Å². The van der Waals surface area contributed by atoms with E-state index in [2.05, 4.69) is 16.0 Å². The molecule has 3 N–H and O–H groups in total. The average molecular weight is 532 g/mol. The van der Waals surface area contributed by atoms with Crippen LogP contribution in [0.25, 0.3) is 0 Å². The van der Waals surface area contributed by atoms with Crippen molar-refractivity contribution in [3.63, 3.8) is 0 Å². The quantitative estimate of drug-likeness (QED) is 0.263. The van der Waals surface area contributed by atoms with Gasteiger partial charge in [-0.1, -0.05) is 58.0 Å². The number of anilines is 1. The molecule has 1 unspecified atom stereocenters. The summed E-state index contributed by atoms with van der Waals surface area (Å²) in [6.45, 7) is 0. The van der Waals surface area contributed by atoms with E-state index in [0.29, 0.717) is 27.2 Å². The second-order valence-electron chi connectivity index (χ2n) is 5.74. The van der Waals surface area contributed by atoms with E-state index in [-0.39, 0.29) is 10.7 Å². The Morgan fingerprint density at radius 1 is 1.00 bits per heavy atom. The van der Waals surface area contributed by atoms with Gasteiger partial charge in [0.1, 0.15) is 6.17 Å². The number of nitrogens with one attached hydrogen (secondary N) is 3. The number of amides is 1. The minimum atomic E-state index is -1.93. The highest BCUT2D eigenvalue weighted by Gasteiger charge is 2.35. The number of ether oxygens (including phenoxy) is 2. The fourth-order valence-corrected chi connectivity index (χ4v) is 3.28. The standard InChI is InChI=1S/C18H16Cl5N3O3S/c1-28-13-6-3-9(7-14(13)29-2)15(27)25-16(18(21,22)23)26-17(30)24-12-5-4-10(19)8-11(12)20/h3-8,16H,1-2H3,(H,25,27)(H2,24,26,30). The van der Waals surface area contributed by atoms with Gasteiger partial charge in [-0.3, -0.25) is 4.79 Å². The molecule has 0 saturated heterocycles. The second kappa shape index (κ2) is 10.8. The summed E-state index contributed by atoms with van der Waals surface area (Å²) in [6, 6.07) is 9.41. The Hall–Kier alpha value is -1.35. The summed E-state index contributed by atoms with van der Waals surface area (Å²) < 4.78 is 8.43. The third kappa shape index (κ3) is 6.83. The Bertz CT molecular complexity index is 940. The van der Waals surface area contributed by atoms with E-state index in [4.69, 9.17) is 79.7 Å². The van der Waals surface area contributed by atoms with Gasteiger partial charge in [-0.25, -0.2) is 0 Å². The summed E-state index contributed by atoms with van der Waals surface area (Å²) in [5.74, 6) is 0.306. The Morgan fingerprint density at radius 3 is 2.23 bits per heavy atom. The third-order valence-corrected chi connectivity index (χ3v) is 5.13. The van der Waals surface area contributed by atoms with Crippen LogP contribution < -0.4 is 25.4 Å². The third-order valence-electron chi connectivity index (χ3n) is 3.70. The largest absolute Gasteiger partial charge is 0.493 e. The Morgan fingerprint density at radius 2 is 1.67 bits per heavy atom. The maximum absolute atomic E-state index is 12.7. The molecule has 0 radical (unpaired) electrons. The Balaban J connectivity index is 2.14. The fourth-order valence-electron chi connectivity index (χ4n) is 2.27. The molecule has 12 heteroatoms. The number of carbonyl (C=O) groups excluding carboxylic acids is 1. The first-order valence-corrected chi connectivity index (χ1v) is 10.5. The van der Waals surface area contributed by atoms with E-state index in [9.17, 15) is 4.79 Å². The summed E-state index contributed by atoms with van der Waals surface area (Å²) in [6.07, 6.45) is -1.17. The number of hydrogen-bond acceptors (Lipinski definition) is 4. The number of carbonyl (C=O) groups is 1. The molecular weight excluding hydrogens is 516 g/mol. The summed E-state index contributed by atoms with van der Waals surface area (Å²) in [4.78, 5) is 12.7. The fraction of sp³-hybridized carbons (Fsp3) is 0.222. The van der Waals surface area contributed by atoms with Crippen molar-refractivity contribution < 1.29 is 14.3 Å². The highest BCUT2D eigenvalue weighted by molar-refractivity contribution is 7.80. The molecule has 0 aromatic heterocycles. The summed E-state index contributed by atoms with van der Waals surface area (Å²) >= 11 is 35.3. The first-order valence-electron chi connectivity index (χ1n) is 8.17. The van der Waals surface area contributed by atoms with Gasteiger partial charge in [0, 0.05) is 10.6 Å². The number of hydrogen-bond donors (Lipinski definition) is 3. The van der Waals surface area contributed by atoms with Gasteiger partial charge in [-0.2, -0.15) is 0 Å². The van der Waals surface area contributed by atoms with Gasteiger partial charge < -0.3 is 25.4 Å². The summed E-state index contributed by atoms with van der Waals surface area (Å²) in [7, 11) is 2.94. The molecular formula is C18H16Cl5N3O3S. The summed E-state index contributed by atoms with van der Waals surface area (Å²) in [5.41, 5.74) is 0.737. The van der Waals surface area contributed by atoms with Crippen LogP contribution in [0.2, 0.25) is 10.0 Å². The second-order valence-corrected chi connectivity index (χ2v) is 9.36. The van der Waals surface area contributed by atoms with Crippen molar-refractivity contribution >= 4 is 86.9 Å². The predicted octanol–water partition coefficient (Wildman–Crippen LogP) is 5.42. The number of methoxy groups -OCH3 is 2. The van der Waals surface area contributed by atoms with E-state index in [1.165, 1.54) is 26.4 Å². The maximum Gasteiger partial charge on any atom is 0.253 e. The van der Waals surface area contributed by atoms with E-state index in [0.717, 1.165) is 0 Å². The van der Waals surface area contributed by atoms with Gasteiger partial charge in [0.05, 0.1) is 24.9 Å². The highest BCUT2D eigenvalue weighted by Crippen LogP contribution is 2.31. The molecule has 30 heavy (non-hydrogen) atoms. The van der Waals surface area contributed by atoms with Crippen molar-refractivity contribution in [3.8, 4) is 11.5 Å². The first kappa shape index (κ1) is 24.9. The SMILES string of the molecule is COc1ccc(C(=O)NC(NC(=S)Nc2ccc(Cl)cc2Cl)C(Cl)(Cl)Cl)cc1OC. The van der Waals surface area contributed by atoms with Crippen LogP contribution in [0, 0.1) is 0 Å². The molecule has 2 aromatic rings. The molecule has 2 aromatic carbocycles. The van der Waals surface area contributed by atoms with E-state index >= 15 is 0 Å². The number of halogens is 5. The van der Waals surface area contributed by atoms with Crippen molar-refractivity contribution in [1.82, 2.24) is 10.6 Å². The molecule has 0 fully saturated rings. The zero-order valence-corrected chi connectivity index (χ0v) is 20.2. The van der Waals surface area contributed by atoms with Crippen LogP contribution in [0.15, 0.2) is 36.4 Å². The van der Waals surface area contributed by atoms with Crippen LogP contribution in [0.4, 0.5) is 5.69 Å². The van der Waals surface area contributed by atoms with Gasteiger partial charge in [0.25, 0.3) is 5.91 Å². The van der Waals surface area contributed by atoms with Crippen LogP contribution in [-0.2, 0) is 0 Å². The smallest absolute Gasteiger partial charge is 0.253 e. The first-order chi connectivity index (χ1) is 14.0. The molecule has 0 spiro atoms. The molecule has 0 aliphatic heterocycles. The van der Waals surface area contributed by atoms with E-state index < -0.39 is 15.9 Å². The zero-order valence-electron chi connectivity index (χ0n) is 15.6. The average Bonchev–Trinajstić information content (AvgIpc) is 2.68. The number of benzene rings is 2. The molecule has 1 amide bonds. The van der Waals surface area contributed by atoms with Crippen LogP contribution >= 0.6 is 70.2 Å². The van der Waals surface area contributed by atoms with Gasteiger partial charge >= 0.3 is 0 Å². The van der Waals surface area contributed by atoms with Crippen LogP contribution in [-0.4, -0.2) is 35.2 Å². The van der Waals surface area contributed by atoms with E-state index in [1.807, 2.05) is 0 Å². The number of alkyl halides is 3. The molecule has 0 aliphatic rings. The van der Waals surface area contributed by atoms with Gasteiger partial charge in [-0.15, -0.1) is 0 Å². The van der Waals surface area contributed by atoms with Crippen molar-refractivity contribution in [2.75, 3.05) is 19.5 Å². The maximum atomic E-state index is 12.7. The Kier molecular flexibility index (Phi) is 8.97. The predicted molar refractivity (Wildman–Crippen MR) is 127 cm³/mol. The number of thiocarbonyl (C=S) groups is 1. The molecule has 6 nitrogen and oxygen atoms in total. The lowest BCUT2D eigenvalue weighted by Crippen LogP contribution is -2.56. The van der Waals surface area contributed by atoms with E-state index in [1.54, 1.807) is 24.3 Å². The zero-order chi connectivity index (χ0) is 22.5. The van der Waals surface area contributed by atoms with Crippen LogP contribution in [0.1, 0.15) is 10.4 Å². The molecule has 0 aliphatic carbocycles. The monoisotopic (exact) mass is 529 g/mol. The lowest BCUT2D eigenvalue weighted by atomic mass is 10.2. The van der Waals surface area contributed by atoms with Gasteiger partial charge in [0.15, 0.2) is 16.6 Å². The van der Waals surface area contributed by atoms with Crippen LogP contribution in [0.5, 0.6) is 11.5 Å². The highest BCUT2D eigenvalue weighted by atomic mass is 35.6. The molecule has 0 bridgehead atoms. The number of rotatable bonds is 6. The van der Waals surface area contributed by atoms with Gasteiger partial charge in [0.2, 0.25) is 3.79 Å². The van der Waals surface area contributed by atoms with Crippen molar-refractivity contribution in [2.24, 2.45) is 0 Å². The molecule has 0 saturated carbocycles. The molecule has 0 heterocycles. The van der Waals surface area contributed by atoms with Crippen molar-refractivity contribution in [2.45, 2.75) is 9.96 Å². The molecule has 2 rings (SSSR count). The van der Waals surface area contributed by atoms with Crippen LogP contribution in [0.3, 0.4) is 0 Å². The topological polar surface area (TPSA) is 71.6 Å². The van der Waals surface area contributed by atoms with Crippen molar-refractivity contribution in [3.05, 3.63) is 52.0 Å². The van der Waals surface area contributed by atoms with Gasteiger partial charge in [-0.05, 0) is 48.6 Å². The molecule has 1 atom stereocenters. The Labute approximate surface area is 204 Å². The summed E-state index contributed by atoms with van der Waals surface area (Å²) in [5, 5.41) is 9.04.